The lowest BCUT2D eigenvalue weighted by atomic mass is 9.85. The predicted octanol–water partition coefficient (Wildman–Crippen LogP) is 6.41. The van der Waals surface area contributed by atoms with Gasteiger partial charge in [0, 0.05) is 41.7 Å². The highest BCUT2D eigenvalue weighted by molar-refractivity contribution is 7.14. The third-order valence-electron chi connectivity index (χ3n) is 11.0. The summed E-state index contributed by atoms with van der Waals surface area (Å²) in [4.78, 5) is 78.8. The molecule has 5 atom stereocenters. The van der Waals surface area contributed by atoms with Crippen LogP contribution in [0.4, 0.5) is 9.93 Å². The van der Waals surface area contributed by atoms with Crippen molar-refractivity contribution in [3.8, 4) is 22.9 Å². The number of carbonyl (C=O) groups is 5. The second-order valence-electron chi connectivity index (χ2n) is 17.9. The van der Waals surface area contributed by atoms with Crippen molar-refractivity contribution in [2.24, 2.45) is 16.7 Å². The third kappa shape index (κ3) is 9.97. The number of hydrogen-bond donors (Lipinski definition) is 3. The van der Waals surface area contributed by atoms with Gasteiger partial charge in [0.15, 0.2) is 5.13 Å². The normalized spacial score (nSPS) is 22.3. The molecule has 16 heteroatoms. The lowest BCUT2D eigenvalue weighted by Gasteiger charge is -2.35. The van der Waals surface area contributed by atoms with Crippen LogP contribution in [0.5, 0.6) is 11.5 Å². The van der Waals surface area contributed by atoms with E-state index in [0.717, 1.165) is 25.7 Å². The van der Waals surface area contributed by atoms with Crippen molar-refractivity contribution in [2.45, 2.75) is 116 Å². The number of pyridine rings is 1. The molecular weight excluding hydrogens is 777 g/mol. The average molecular weight is 833 g/mol. The van der Waals surface area contributed by atoms with Crippen LogP contribution < -0.4 is 25.4 Å². The number of anilines is 1. The fourth-order valence-corrected chi connectivity index (χ4v) is 8.51. The molecule has 0 radical (unpaired) electrons. The molecule has 3 aromatic rings. The maximum Gasteiger partial charge on any atom is 0.408 e. The summed E-state index contributed by atoms with van der Waals surface area (Å²) >= 11 is 1.27. The number of methoxy groups -OCH3 is 2. The summed E-state index contributed by atoms with van der Waals surface area (Å²) in [5.41, 5.74) is -0.760. The van der Waals surface area contributed by atoms with Crippen molar-refractivity contribution in [1.29, 1.82) is 0 Å². The molecule has 15 nitrogen and oxygen atoms in total. The van der Waals surface area contributed by atoms with E-state index < -0.39 is 53.0 Å². The second-order valence-corrected chi connectivity index (χ2v) is 18.8. The monoisotopic (exact) mass is 832 g/mol. The number of thiazole rings is 1. The van der Waals surface area contributed by atoms with E-state index in [1.54, 1.807) is 36.8 Å². The molecule has 1 saturated heterocycles. The second kappa shape index (κ2) is 17.2. The largest absolute Gasteiger partial charge is 0.497 e. The van der Waals surface area contributed by atoms with Gasteiger partial charge in [0.1, 0.15) is 47.0 Å². The van der Waals surface area contributed by atoms with Crippen molar-refractivity contribution in [1.82, 2.24) is 25.5 Å². The van der Waals surface area contributed by atoms with Gasteiger partial charge in [-0.3, -0.25) is 14.4 Å². The molecule has 4 amide bonds. The molecule has 0 bridgehead atoms. The van der Waals surface area contributed by atoms with Gasteiger partial charge < -0.3 is 39.8 Å². The van der Waals surface area contributed by atoms with E-state index in [2.05, 4.69) is 27.5 Å². The molecular formula is C43H56N6O9S. The number of aromatic nitrogens is 2. The number of ether oxygens (including phenoxy) is 4. The number of carbonyl (C=O) groups excluding carboxylic acids is 5. The minimum absolute atomic E-state index is 0.0189. The molecule has 6 rings (SSSR count). The van der Waals surface area contributed by atoms with Gasteiger partial charge >= 0.3 is 12.1 Å². The van der Waals surface area contributed by atoms with E-state index in [1.165, 1.54) is 23.3 Å². The number of likely N-dealkylation sites (tertiary alicyclic amines) is 1. The number of esters is 1. The van der Waals surface area contributed by atoms with E-state index >= 15 is 0 Å². The van der Waals surface area contributed by atoms with Crippen LogP contribution in [-0.2, 0) is 28.7 Å². The molecule has 3 aliphatic rings. The Bertz CT molecular complexity index is 2100. The van der Waals surface area contributed by atoms with Crippen molar-refractivity contribution >= 4 is 57.2 Å². The van der Waals surface area contributed by atoms with Gasteiger partial charge in [-0.2, -0.15) is 0 Å². The SMILES string of the molecule is C=CC1CC1(NC(=O)C1CC(Oc2cc(-c3csc(NC(=O)CC(C)(C)C)n3)nc3cc(OC)ccc23)CN1C(=O)C(NC(=O)OC1CCCC1)C(C)(C)C)C(=O)OC. The molecule has 3 fully saturated rings. The van der Waals surface area contributed by atoms with Crippen molar-refractivity contribution in [3.05, 3.63) is 42.3 Å². The van der Waals surface area contributed by atoms with Crippen molar-refractivity contribution in [3.63, 3.8) is 0 Å². The van der Waals surface area contributed by atoms with E-state index in [4.69, 9.17) is 23.9 Å². The number of nitrogens with zero attached hydrogens (tertiary/aromatic N) is 3. The fourth-order valence-electron chi connectivity index (χ4n) is 7.79. The molecule has 2 aromatic heterocycles. The van der Waals surface area contributed by atoms with E-state index in [0.29, 0.717) is 51.8 Å². The zero-order valence-electron chi connectivity index (χ0n) is 35.1. The van der Waals surface area contributed by atoms with Crippen LogP contribution in [0.3, 0.4) is 0 Å². The van der Waals surface area contributed by atoms with Gasteiger partial charge in [0.05, 0.1) is 32.0 Å². The minimum Gasteiger partial charge on any atom is -0.497 e. The van der Waals surface area contributed by atoms with Crippen LogP contribution >= 0.6 is 11.3 Å². The Morgan fingerprint density at radius 3 is 2.37 bits per heavy atom. The first-order valence-electron chi connectivity index (χ1n) is 20.1. The van der Waals surface area contributed by atoms with Gasteiger partial charge in [-0.05, 0) is 55.1 Å². The Balaban J connectivity index is 1.32. The first-order valence-corrected chi connectivity index (χ1v) is 20.9. The molecule has 3 N–H and O–H groups in total. The molecule has 318 valence electrons. The third-order valence-corrected chi connectivity index (χ3v) is 11.7. The molecule has 0 spiro atoms. The summed E-state index contributed by atoms with van der Waals surface area (Å²) in [6, 6.07) is 4.97. The summed E-state index contributed by atoms with van der Waals surface area (Å²) in [5.74, 6) is -1.16. The summed E-state index contributed by atoms with van der Waals surface area (Å²) in [6.45, 7) is 15.2. The highest BCUT2D eigenvalue weighted by Gasteiger charge is 2.62. The fraction of sp³-hybridized carbons (Fsp3) is 0.558. The number of benzene rings is 1. The average Bonchev–Trinajstić information content (AvgIpc) is 3.59. The van der Waals surface area contributed by atoms with Crippen molar-refractivity contribution in [2.75, 3.05) is 26.1 Å². The zero-order valence-corrected chi connectivity index (χ0v) is 36.0. The van der Waals surface area contributed by atoms with Crippen LogP contribution in [0, 0.1) is 16.7 Å². The predicted molar refractivity (Wildman–Crippen MR) is 223 cm³/mol. The zero-order chi connectivity index (χ0) is 42.9. The maximum atomic E-state index is 14.7. The van der Waals surface area contributed by atoms with Crippen LogP contribution in [0.15, 0.2) is 42.3 Å². The molecule has 1 aliphatic heterocycles. The molecule has 3 heterocycles. The number of rotatable bonds is 13. The van der Waals surface area contributed by atoms with Gasteiger partial charge in [0.25, 0.3) is 0 Å². The Morgan fingerprint density at radius 1 is 1.02 bits per heavy atom. The Labute approximate surface area is 349 Å². The smallest absolute Gasteiger partial charge is 0.408 e. The van der Waals surface area contributed by atoms with Gasteiger partial charge in [-0.1, -0.05) is 47.6 Å². The van der Waals surface area contributed by atoms with Crippen LogP contribution in [0.25, 0.3) is 22.3 Å². The Kier molecular flexibility index (Phi) is 12.6. The Morgan fingerprint density at radius 2 is 1.75 bits per heavy atom. The van der Waals surface area contributed by atoms with E-state index in [-0.39, 0.29) is 36.3 Å². The quantitative estimate of drug-likeness (QED) is 0.128. The summed E-state index contributed by atoms with van der Waals surface area (Å²) in [6.07, 6.45) is 4.12. The lowest BCUT2D eigenvalue weighted by molar-refractivity contribution is -0.148. The number of alkyl carbamates (subject to hydrolysis) is 1. The highest BCUT2D eigenvalue weighted by atomic mass is 32.1. The topological polar surface area (TPSA) is 187 Å². The van der Waals surface area contributed by atoms with Crippen LogP contribution in [0.2, 0.25) is 0 Å². The molecule has 59 heavy (non-hydrogen) atoms. The van der Waals surface area contributed by atoms with Crippen LogP contribution in [0.1, 0.15) is 86.5 Å². The first kappa shape index (κ1) is 43.3. The van der Waals surface area contributed by atoms with Gasteiger partial charge in [-0.15, -0.1) is 17.9 Å². The number of amides is 4. The summed E-state index contributed by atoms with van der Waals surface area (Å²) in [5, 5.41) is 11.5. The molecule has 5 unspecified atom stereocenters. The first-order chi connectivity index (χ1) is 27.8. The van der Waals surface area contributed by atoms with Crippen LogP contribution in [-0.4, -0.2) is 95.2 Å². The molecule has 2 aliphatic carbocycles. The lowest BCUT2D eigenvalue weighted by Crippen LogP contribution is -2.59. The summed E-state index contributed by atoms with van der Waals surface area (Å²) < 4.78 is 23.0. The molecule has 1 aromatic carbocycles. The standard InChI is InChI=1S/C43H56N6O9S/c1-10-24-20-43(24,38(53)56-9)48-36(51)32-18-27(22-49(32)37(52)35(42(5,6)7)47-40(54)58-25-13-11-12-14-25)57-33-19-30(44-29-17-26(55-8)15-16-28(29)33)31-23-59-39(45-31)46-34(50)21-41(2,3)4/h10,15-17,19,23-25,27,32,35H,1,11-14,18,20-22H2,2-9H3,(H,47,54)(H,48,51)(H,45,46,50). The summed E-state index contributed by atoms with van der Waals surface area (Å²) in [7, 11) is 2.81. The molecule has 2 saturated carbocycles. The van der Waals surface area contributed by atoms with E-state index in [1.807, 2.05) is 47.6 Å². The number of hydrogen-bond acceptors (Lipinski definition) is 12. The highest BCUT2D eigenvalue weighted by Crippen LogP contribution is 2.46. The van der Waals surface area contributed by atoms with Gasteiger partial charge in [-0.25, -0.2) is 19.6 Å². The number of fused-ring (bicyclic) bond motifs is 1. The maximum absolute atomic E-state index is 14.7. The minimum atomic E-state index is -1.30. The van der Waals surface area contributed by atoms with Gasteiger partial charge in [0.2, 0.25) is 17.7 Å². The van der Waals surface area contributed by atoms with Crippen molar-refractivity contribution < 1.29 is 42.9 Å². The number of nitrogens with one attached hydrogen (secondary N) is 3. The van der Waals surface area contributed by atoms with E-state index in [9.17, 15) is 24.0 Å². The Hall–Kier alpha value is -5.25.